The van der Waals surface area contributed by atoms with E-state index in [0.717, 1.165) is 22.1 Å². The molecule has 5 nitrogen and oxygen atoms in total. The Labute approximate surface area is 191 Å². The van der Waals surface area contributed by atoms with E-state index in [0.29, 0.717) is 31.7 Å². The molecule has 1 aliphatic carbocycles. The molecule has 33 heavy (non-hydrogen) atoms. The van der Waals surface area contributed by atoms with E-state index in [2.05, 4.69) is 12.1 Å². The van der Waals surface area contributed by atoms with E-state index in [1.165, 1.54) is 30.5 Å². The van der Waals surface area contributed by atoms with E-state index in [-0.39, 0.29) is 19.0 Å². The van der Waals surface area contributed by atoms with E-state index < -0.39 is 32.1 Å². The van der Waals surface area contributed by atoms with Crippen LogP contribution in [-0.2, 0) is 21.0 Å². The van der Waals surface area contributed by atoms with E-state index in [9.17, 15) is 26.4 Å². The van der Waals surface area contributed by atoms with Gasteiger partial charge in [-0.2, -0.15) is 17.5 Å². The van der Waals surface area contributed by atoms with Gasteiger partial charge in [-0.3, -0.25) is 4.79 Å². The highest BCUT2D eigenvalue weighted by Gasteiger charge is 2.50. The molecule has 2 heterocycles. The van der Waals surface area contributed by atoms with E-state index in [4.69, 9.17) is 0 Å². The minimum atomic E-state index is -4.77. The molecule has 9 heteroatoms. The number of alkyl halides is 3. The molecule has 1 saturated carbocycles. The van der Waals surface area contributed by atoms with Gasteiger partial charge in [0.25, 0.3) is 0 Å². The van der Waals surface area contributed by atoms with Crippen molar-refractivity contribution in [2.75, 3.05) is 24.5 Å². The van der Waals surface area contributed by atoms with Gasteiger partial charge in [0.2, 0.25) is 15.9 Å². The molecule has 2 aromatic rings. The van der Waals surface area contributed by atoms with Crippen LogP contribution in [0.15, 0.2) is 53.4 Å². The third kappa shape index (κ3) is 3.95. The third-order valence-electron chi connectivity index (χ3n) is 7.26. The van der Waals surface area contributed by atoms with Crippen LogP contribution < -0.4 is 4.90 Å². The Balaban J connectivity index is 1.31. The van der Waals surface area contributed by atoms with Gasteiger partial charge in [0.15, 0.2) is 0 Å². The zero-order valence-corrected chi connectivity index (χ0v) is 18.8. The minimum absolute atomic E-state index is 0.0191. The van der Waals surface area contributed by atoms with Gasteiger partial charge in [0, 0.05) is 25.3 Å². The average Bonchev–Trinajstić information content (AvgIpc) is 3.60. The minimum Gasteiger partial charge on any atom is -0.312 e. The zero-order chi connectivity index (χ0) is 23.4. The van der Waals surface area contributed by atoms with Crippen LogP contribution in [0.1, 0.15) is 49.1 Å². The molecule has 0 N–H and O–H groups in total. The maximum absolute atomic E-state index is 13.4. The molecule has 1 spiro atoms. The molecule has 1 amide bonds. The number of rotatable bonds is 4. The third-order valence-corrected chi connectivity index (χ3v) is 9.21. The van der Waals surface area contributed by atoms with Crippen LogP contribution in [0.5, 0.6) is 0 Å². The Kier molecular flexibility index (Phi) is 5.32. The van der Waals surface area contributed by atoms with Crippen LogP contribution >= 0.6 is 0 Å². The van der Waals surface area contributed by atoms with Crippen molar-refractivity contribution in [1.82, 2.24) is 4.31 Å². The summed E-state index contributed by atoms with van der Waals surface area (Å²) in [5.74, 6) is 0.614. The Morgan fingerprint density at radius 1 is 0.879 bits per heavy atom. The van der Waals surface area contributed by atoms with E-state index >= 15 is 0 Å². The Bertz CT molecular complexity index is 1170. The van der Waals surface area contributed by atoms with E-state index in [1.54, 1.807) is 4.90 Å². The zero-order valence-electron chi connectivity index (χ0n) is 18.0. The summed E-state index contributed by atoms with van der Waals surface area (Å²) in [4.78, 5) is 14.4. The molecule has 0 aromatic heterocycles. The summed E-state index contributed by atoms with van der Waals surface area (Å²) in [5.41, 5.74) is 0.307. The highest BCUT2D eigenvalue weighted by atomic mass is 32.2. The molecule has 2 aliphatic heterocycles. The second-order valence-corrected chi connectivity index (χ2v) is 11.2. The Morgan fingerprint density at radius 2 is 1.48 bits per heavy atom. The topological polar surface area (TPSA) is 57.7 Å². The number of carbonyl (C=O) groups excluding carboxylic acids is 1. The molecule has 2 saturated heterocycles. The standard InChI is InChI=1S/C24H25F3N2O3S/c25-24(26,27)20-3-1-2-4-21(20)33(31,32)28-14-11-23(12-15-28)13-16-29(22(23)30)19-9-7-18(8-10-19)17-5-6-17/h1-4,7-10,17H,5-6,11-16H2. The smallest absolute Gasteiger partial charge is 0.312 e. The van der Waals surface area contributed by atoms with Gasteiger partial charge in [-0.1, -0.05) is 24.3 Å². The van der Waals surface area contributed by atoms with Crippen molar-refractivity contribution in [3.63, 3.8) is 0 Å². The van der Waals surface area contributed by atoms with Crippen LogP contribution in [0, 0.1) is 5.41 Å². The number of sulfonamides is 1. The largest absolute Gasteiger partial charge is 0.417 e. The lowest BCUT2D eigenvalue weighted by molar-refractivity contribution is -0.139. The molecule has 0 radical (unpaired) electrons. The summed E-state index contributed by atoms with van der Waals surface area (Å²) >= 11 is 0. The van der Waals surface area contributed by atoms with Crippen molar-refractivity contribution in [1.29, 1.82) is 0 Å². The van der Waals surface area contributed by atoms with Crippen LogP contribution in [0.3, 0.4) is 0 Å². The number of piperidine rings is 1. The van der Waals surface area contributed by atoms with Gasteiger partial charge in [0.1, 0.15) is 0 Å². The van der Waals surface area contributed by atoms with Gasteiger partial charge >= 0.3 is 6.18 Å². The summed E-state index contributed by atoms with van der Waals surface area (Å²) in [5, 5.41) is 0. The maximum atomic E-state index is 13.4. The summed E-state index contributed by atoms with van der Waals surface area (Å²) in [7, 11) is -4.32. The number of anilines is 1. The number of benzene rings is 2. The van der Waals surface area contributed by atoms with Crippen molar-refractivity contribution in [3.05, 3.63) is 59.7 Å². The van der Waals surface area contributed by atoms with Crippen molar-refractivity contribution in [2.45, 2.75) is 49.1 Å². The van der Waals surface area contributed by atoms with Crippen LogP contribution in [-0.4, -0.2) is 38.3 Å². The number of halogens is 3. The fraction of sp³-hybridized carbons (Fsp3) is 0.458. The Hall–Kier alpha value is -2.39. The van der Waals surface area contributed by atoms with Crippen LogP contribution in [0.25, 0.3) is 0 Å². The number of hydrogen-bond donors (Lipinski definition) is 0. The van der Waals surface area contributed by atoms with Gasteiger partial charge in [-0.15, -0.1) is 0 Å². The van der Waals surface area contributed by atoms with Gasteiger partial charge in [0.05, 0.1) is 15.9 Å². The highest BCUT2D eigenvalue weighted by Crippen LogP contribution is 2.45. The number of carbonyl (C=O) groups is 1. The molecule has 3 aliphatic rings. The number of amides is 1. The first-order chi connectivity index (χ1) is 15.6. The Morgan fingerprint density at radius 3 is 2.09 bits per heavy atom. The molecule has 2 aromatic carbocycles. The lowest BCUT2D eigenvalue weighted by atomic mass is 9.77. The first-order valence-corrected chi connectivity index (χ1v) is 12.6. The van der Waals surface area contributed by atoms with Gasteiger partial charge in [-0.05, 0) is 67.9 Å². The van der Waals surface area contributed by atoms with Gasteiger partial charge < -0.3 is 4.90 Å². The molecule has 5 rings (SSSR count). The summed E-state index contributed by atoms with van der Waals surface area (Å²) < 4.78 is 67.3. The fourth-order valence-corrected chi connectivity index (χ4v) is 6.75. The number of hydrogen-bond acceptors (Lipinski definition) is 3. The van der Waals surface area contributed by atoms with Crippen LogP contribution in [0.2, 0.25) is 0 Å². The monoisotopic (exact) mass is 478 g/mol. The second-order valence-electron chi connectivity index (χ2n) is 9.25. The van der Waals surface area contributed by atoms with Crippen molar-refractivity contribution in [2.24, 2.45) is 5.41 Å². The molecule has 0 atom stereocenters. The lowest BCUT2D eigenvalue weighted by Gasteiger charge is -2.37. The van der Waals surface area contributed by atoms with E-state index in [1.807, 2.05) is 12.1 Å². The maximum Gasteiger partial charge on any atom is 0.417 e. The van der Waals surface area contributed by atoms with Crippen molar-refractivity contribution < 1.29 is 26.4 Å². The molecular weight excluding hydrogens is 453 g/mol. The quantitative estimate of drug-likeness (QED) is 0.635. The van der Waals surface area contributed by atoms with Crippen molar-refractivity contribution in [3.8, 4) is 0 Å². The molecule has 3 fully saturated rings. The van der Waals surface area contributed by atoms with Crippen molar-refractivity contribution >= 4 is 21.6 Å². The predicted molar refractivity (Wildman–Crippen MR) is 117 cm³/mol. The second kappa shape index (κ2) is 7.84. The molecular formula is C24H25F3N2O3S. The summed E-state index contributed by atoms with van der Waals surface area (Å²) in [6, 6.07) is 12.3. The predicted octanol–water partition coefficient (Wildman–Crippen LogP) is 4.79. The average molecular weight is 479 g/mol. The van der Waals surface area contributed by atoms with Crippen LogP contribution in [0.4, 0.5) is 18.9 Å². The molecule has 0 bridgehead atoms. The van der Waals surface area contributed by atoms with Gasteiger partial charge in [-0.25, -0.2) is 8.42 Å². The fourth-order valence-electron chi connectivity index (χ4n) is 5.09. The molecule has 0 unspecified atom stereocenters. The summed E-state index contributed by atoms with van der Waals surface area (Å²) in [6.45, 7) is 0.606. The first-order valence-electron chi connectivity index (χ1n) is 11.2. The molecule has 176 valence electrons. The normalized spacial score (nSPS) is 21.7. The number of nitrogens with zero attached hydrogens (tertiary/aromatic N) is 2. The highest BCUT2D eigenvalue weighted by molar-refractivity contribution is 7.89. The lowest BCUT2D eigenvalue weighted by Crippen LogP contribution is -2.46. The first kappa shape index (κ1) is 22.4. The summed E-state index contributed by atoms with van der Waals surface area (Å²) in [6.07, 6.45) is -1.14. The SMILES string of the molecule is O=C1N(c2ccc(C3CC3)cc2)CCC12CCN(S(=O)(=O)c1ccccc1C(F)(F)F)CC2.